The summed E-state index contributed by atoms with van der Waals surface area (Å²) in [6.07, 6.45) is -3.74. The lowest BCUT2D eigenvalue weighted by molar-refractivity contribution is -0.138. The molecule has 2 aromatic rings. The molecule has 0 aliphatic heterocycles. The lowest BCUT2D eigenvalue weighted by atomic mass is 10.1. The number of furan rings is 1. The third-order valence-electron chi connectivity index (χ3n) is 3.19. The molecule has 0 unspecified atom stereocenters. The first-order chi connectivity index (χ1) is 11.1. The van der Waals surface area contributed by atoms with Gasteiger partial charge >= 0.3 is 6.18 Å². The van der Waals surface area contributed by atoms with Gasteiger partial charge in [-0.2, -0.15) is 22.7 Å². The Morgan fingerprint density at radius 2 is 2.00 bits per heavy atom. The molecule has 2 aromatic heterocycles. The van der Waals surface area contributed by atoms with Crippen molar-refractivity contribution in [3.8, 4) is 6.07 Å². The van der Waals surface area contributed by atoms with E-state index in [1.807, 2.05) is 0 Å². The molecule has 0 atom stereocenters. The molecule has 10 heteroatoms. The van der Waals surface area contributed by atoms with E-state index in [0.29, 0.717) is 17.7 Å². The molecular formula is C14H12F3N3O3S. The molecule has 0 amide bonds. The third kappa shape index (κ3) is 3.42. The summed E-state index contributed by atoms with van der Waals surface area (Å²) in [5, 5.41) is 9.02. The zero-order valence-electron chi connectivity index (χ0n) is 12.6. The van der Waals surface area contributed by atoms with E-state index < -0.39 is 32.2 Å². The molecule has 6 nitrogen and oxygen atoms in total. The average molecular weight is 359 g/mol. The minimum atomic E-state index is -4.89. The Bertz CT molecular complexity index is 898. The first-order valence-corrected chi connectivity index (χ1v) is 7.98. The number of nitrogens with zero attached hydrogens (tertiary/aromatic N) is 3. The summed E-state index contributed by atoms with van der Waals surface area (Å²) < 4.78 is 69.9. The maximum Gasteiger partial charge on any atom is 0.419 e. The number of pyridine rings is 1. The number of nitriles is 1. The van der Waals surface area contributed by atoms with Gasteiger partial charge in [0.15, 0.2) is 0 Å². The topological polar surface area (TPSA) is 87.2 Å². The molecular weight excluding hydrogens is 347 g/mol. The lowest BCUT2D eigenvalue weighted by Gasteiger charge is -2.18. The fourth-order valence-corrected chi connectivity index (χ4v) is 3.25. The van der Waals surface area contributed by atoms with E-state index in [0.717, 1.165) is 10.5 Å². The SMILES string of the molecule is Cc1ccc(CN(C)S(=O)(=O)c2cncc(C(F)(F)F)c2C#N)o1. The fraction of sp³-hybridized carbons (Fsp3) is 0.286. The van der Waals surface area contributed by atoms with Crippen LogP contribution in [-0.2, 0) is 22.7 Å². The van der Waals surface area contributed by atoms with Crippen LogP contribution in [0.3, 0.4) is 0 Å². The first-order valence-electron chi connectivity index (χ1n) is 6.54. The van der Waals surface area contributed by atoms with Crippen molar-refractivity contribution in [3.05, 3.63) is 47.2 Å². The quantitative estimate of drug-likeness (QED) is 0.838. The van der Waals surface area contributed by atoms with Crippen molar-refractivity contribution in [2.75, 3.05) is 7.05 Å². The van der Waals surface area contributed by atoms with Crippen LogP contribution in [0.25, 0.3) is 0 Å². The van der Waals surface area contributed by atoms with Gasteiger partial charge in [-0.3, -0.25) is 4.98 Å². The number of alkyl halides is 3. The van der Waals surface area contributed by atoms with E-state index in [4.69, 9.17) is 9.68 Å². The second-order valence-corrected chi connectivity index (χ2v) is 6.96. The number of aryl methyl sites for hydroxylation is 1. The Hall–Kier alpha value is -2.38. The van der Waals surface area contributed by atoms with Gasteiger partial charge in [0, 0.05) is 19.4 Å². The number of hydrogen-bond donors (Lipinski definition) is 0. The maximum atomic E-state index is 12.9. The van der Waals surface area contributed by atoms with Gasteiger partial charge in [0.05, 0.1) is 17.7 Å². The molecule has 0 spiro atoms. The van der Waals surface area contributed by atoms with Gasteiger partial charge in [-0.25, -0.2) is 8.42 Å². The molecule has 0 aliphatic carbocycles. The van der Waals surface area contributed by atoms with Gasteiger partial charge in [0.25, 0.3) is 0 Å². The second-order valence-electron chi connectivity index (χ2n) is 4.94. The van der Waals surface area contributed by atoms with Crippen molar-refractivity contribution < 1.29 is 26.0 Å². The Kier molecular flexibility index (Phi) is 4.68. The van der Waals surface area contributed by atoms with Crippen molar-refractivity contribution >= 4 is 10.0 Å². The Morgan fingerprint density at radius 1 is 1.33 bits per heavy atom. The highest BCUT2D eigenvalue weighted by molar-refractivity contribution is 7.89. The highest BCUT2D eigenvalue weighted by Gasteiger charge is 2.38. The van der Waals surface area contributed by atoms with Gasteiger partial charge in [0.2, 0.25) is 10.0 Å². The molecule has 2 heterocycles. The van der Waals surface area contributed by atoms with Crippen LogP contribution in [0.1, 0.15) is 22.6 Å². The molecule has 0 N–H and O–H groups in total. The molecule has 128 valence electrons. The average Bonchev–Trinajstić information content (AvgIpc) is 2.90. The zero-order valence-corrected chi connectivity index (χ0v) is 13.4. The van der Waals surface area contributed by atoms with Crippen LogP contribution >= 0.6 is 0 Å². The lowest BCUT2D eigenvalue weighted by Crippen LogP contribution is -2.28. The number of hydrogen-bond acceptors (Lipinski definition) is 5. The Labute approximate surface area is 136 Å². The normalized spacial score (nSPS) is 12.4. The number of halogens is 3. The standard InChI is InChI=1S/C14H12F3N3O3S/c1-9-3-4-10(23-9)8-20(2)24(21,22)13-7-19-6-12(11(13)5-18)14(15,16)17/h3-4,6-7H,8H2,1-2H3. The molecule has 0 radical (unpaired) electrons. The van der Waals surface area contributed by atoms with Gasteiger partial charge in [-0.15, -0.1) is 0 Å². The van der Waals surface area contributed by atoms with Gasteiger partial charge in [-0.1, -0.05) is 0 Å². The minimum Gasteiger partial charge on any atom is -0.465 e. The van der Waals surface area contributed by atoms with Crippen LogP contribution in [0.2, 0.25) is 0 Å². The van der Waals surface area contributed by atoms with Crippen LogP contribution in [0.15, 0.2) is 33.8 Å². The van der Waals surface area contributed by atoms with Crippen molar-refractivity contribution in [1.29, 1.82) is 5.26 Å². The van der Waals surface area contributed by atoms with E-state index in [-0.39, 0.29) is 6.54 Å². The van der Waals surface area contributed by atoms with E-state index >= 15 is 0 Å². The third-order valence-corrected chi connectivity index (χ3v) is 5.01. The van der Waals surface area contributed by atoms with Crippen molar-refractivity contribution in [2.45, 2.75) is 24.5 Å². The predicted octanol–water partition coefficient (Wildman–Crippen LogP) is 2.69. The second kappa shape index (κ2) is 6.26. The number of sulfonamides is 1. The maximum absolute atomic E-state index is 12.9. The van der Waals surface area contributed by atoms with Gasteiger partial charge in [0.1, 0.15) is 22.5 Å². The van der Waals surface area contributed by atoms with E-state index in [9.17, 15) is 21.6 Å². The van der Waals surface area contributed by atoms with Crippen molar-refractivity contribution in [1.82, 2.24) is 9.29 Å². The van der Waals surface area contributed by atoms with E-state index in [1.165, 1.54) is 13.1 Å². The molecule has 0 bridgehead atoms. The largest absolute Gasteiger partial charge is 0.465 e. The van der Waals surface area contributed by atoms with Gasteiger partial charge < -0.3 is 4.42 Å². The molecule has 2 rings (SSSR count). The summed E-state index contributed by atoms with van der Waals surface area (Å²) in [5.41, 5.74) is -2.38. The van der Waals surface area contributed by atoms with E-state index in [1.54, 1.807) is 19.1 Å². The van der Waals surface area contributed by atoms with Crippen LogP contribution in [0.5, 0.6) is 0 Å². The zero-order chi connectivity index (χ0) is 18.1. The molecule has 0 saturated heterocycles. The summed E-state index contributed by atoms with van der Waals surface area (Å²) in [4.78, 5) is 2.52. The summed E-state index contributed by atoms with van der Waals surface area (Å²) in [6, 6.07) is 4.49. The number of aromatic nitrogens is 1. The molecule has 0 fully saturated rings. The Balaban J connectivity index is 2.48. The summed E-state index contributed by atoms with van der Waals surface area (Å²) in [6.45, 7) is 1.47. The first kappa shape index (κ1) is 18.0. The molecule has 24 heavy (non-hydrogen) atoms. The van der Waals surface area contributed by atoms with Crippen LogP contribution in [0.4, 0.5) is 13.2 Å². The molecule has 0 aromatic carbocycles. The smallest absolute Gasteiger partial charge is 0.419 e. The fourth-order valence-electron chi connectivity index (χ4n) is 2.01. The van der Waals surface area contributed by atoms with Gasteiger partial charge in [-0.05, 0) is 19.1 Å². The number of rotatable bonds is 4. The predicted molar refractivity (Wildman–Crippen MR) is 76.1 cm³/mol. The summed E-state index contributed by atoms with van der Waals surface area (Å²) >= 11 is 0. The highest BCUT2D eigenvalue weighted by Crippen LogP contribution is 2.34. The highest BCUT2D eigenvalue weighted by atomic mass is 32.2. The Morgan fingerprint density at radius 3 is 2.50 bits per heavy atom. The van der Waals surface area contributed by atoms with Crippen molar-refractivity contribution in [2.24, 2.45) is 0 Å². The summed E-state index contributed by atoms with van der Waals surface area (Å²) in [7, 11) is -3.19. The van der Waals surface area contributed by atoms with Crippen LogP contribution in [-0.4, -0.2) is 24.8 Å². The minimum absolute atomic E-state index is 0.197. The van der Waals surface area contributed by atoms with Crippen molar-refractivity contribution in [3.63, 3.8) is 0 Å². The summed E-state index contributed by atoms with van der Waals surface area (Å²) in [5.74, 6) is 0.881. The monoisotopic (exact) mass is 359 g/mol. The molecule has 0 saturated carbocycles. The van der Waals surface area contributed by atoms with Crippen LogP contribution in [0, 0.1) is 18.3 Å². The van der Waals surface area contributed by atoms with E-state index in [2.05, 4.69) is 4.98 Å². The van der Waals surface area contributed by atoms with Crippen LogP contribution < -0.4 is 0 Å². The molecule has 0 aliphatic rings.